The predicted molar refractivity (Wildman–Crippen MR) is 78.1 cm³/mol. The lowest BCUT2D eigenvalue weighted by Gasteiger charge is -2.19. The van der Waals surface area contributed by atoms with E-state index < -0.39 is 12.2 Å². The molecule has 0 spiro atoms. The molecule has 4 nitrogen and oxygen atoms in total. The zero-order valence-corrected chi connectivity index (χ0v) is 13.2. The fraction of sp³-hybridized carbons (Fsp3) is 0.500. The lowest BCUT2D eigenvalue weighted by atomic mass is 10.1. The van der Waals surface area contributed by atoms with Gasteiger partial charge in [-0.2, -0.15) is 0 Å². The maximum Gasteiger partial charge on any atom is 0.260 e. The quantitative estimate of drug-likeness (QED) is 0.873. The highest BCUT2D eigenvalue weighted by Gasteiger charge is 2.18. The summed E-state index contributed by atoms with van der Waals surface area (Å²) in [6, 6.07) is 5.41. The Kier molecular flexibility index (Phi) is 5.82. The van der Waals surface area contributed by atoms with Gasteiger partial charge in [0.15, 0.2) is 6.10 Å². The number of aliphatic hydroxyl groups is 1. The molecule has 1 rings (SSSR count). The molecule has 0 aromatic heterocycles. The third-order valence-corrected chi connectivity index (χ3v) is 3.02. The standard InChI is InChI=1S/C14H20BrNO3/c1-8(2)16-14(18)10(4)19-13-6-5-11(15)7-12(13)9(3)17/h5-10,17H,1-4H3,(H,16,18)/t9-,10?/m1/s1. The second-order valence-electron chi connectivity index (χ2n) is 4.78. The van der Waals surface area contributed by atoms with E-state index in [0.29, 0.717) is 11.3 Å². The van der Waals surface area contributed by atoms with E-state index in [9.17, 15) is 9.90 Å². The van der Waals surface area contributed by atoms with Gasteiger partial charge in [-0.15, -0.1) is 0 Å². The van der Waals surface area contributed by atoms with Crippen molar-refractivity contribution in [1.82, 2.24) is 5.32 Å². The van der Waals surface area contributed by atoms with Crippen LogP contribution in [0.3, 0.4) is 0 Å². The van der Waals surface area contributed by atoms with E-state index in [0.717, 1.165) is 4.47 Å². The Hall–Kier alpha value is -1.07. The van der Waals surface area contributed by atoms with Crippen LogP contribution in [0.15, 0.2) is 22.7 Å². The van der Waals surface area contributed by atoms with Gasteiger partial charge in [-0.3, -0.25) is 4.79 Å². The van der Waals surface area contributed by atoms with Crippen LogP contribution in [0.25, 0.3) is 0 Å². The number of amides is 1. The molecule has 0 saturated heterocycles. The largest absolute Gasteiger partial charge is 0.481 e. The van der Waals surface area contributed by atoms with Crippen molar-refractivity contribution in [2.45, 2.75) is 45.9 Å². The molecule has 0 radical (unpaired) electrons. The monoisotopic (exact) mass is 329 g/mol. The fourth-order valence-corrected chi connectivity index (χ4v) is 1.98. The van der Waals surface area contributed by atoms with Crippen molar-refractivity contribution in [3.63, 3.8) is 0 Å². The Morgan fingerprint density at radius 1 is 1.32 bits per heavy atom. The van der Waals surface area contributed by atoms with Gasteiger partial charge in [0.05, 0.1) is 6.10 Å². The van der Waals surface area contributed by atoms with Gasteiger partial charge in [0.1, 0.15) is 5.75 Å². The van der Waals surface area contributed by atoms with E-state index in [2.05, 4.69) is 21.2 Å². The molecule has 1 aromatic carbocycles. The van der Waals surface area contributed by atoms with Crippen LogP contribution in [0.2, 0.25) is 0 Å². The average molecular weight is 330 g/mol. The van der Waals surface area contributed by atoms with Crippen molar-refractivity contribution in [2.75, 3.05) is 0 Å². The fourth-order valence-electron chi connectivity index (χ4n) is 1.60. The summed E-state index contributed by atoms with van der Waals surface area (Å²) >= 11 is 3.35. The normalized spacial score (nSPS) is 14.1. The Morgan fingerprint density at radius 2 is 1.95 bits per heavy atom. The molecule has 19 heavy (non-hydrogen) atoms. The van der Waals surface area contributed by atoms with Gasteiger partial charge in [0.2, 0.25) is 0 Å². The van der Waals surface area contributed by atoms with Gasteiger partial charge in [-0.05, 0) is 45.9 Å². The summed E-state index contributed by atoms with van der Waals surface area (Å²) in [6.45, 7) is 7.13. The summed E-state index contributed by atoms with van der Waals surface area (Å²) in [6.07, 6.45) is -1.27. The highest BCUT2D eigenvalue weighted by molar-refractivity contribution is 9.10. The summed E-state index contributed by atoms with van der Waals surface area (Å²) < 4.78 is 6.49. The van der Waals surface area contributed by atoms with Crippen LogP contribution in [0.5, 0.6) is 5.75 Å². The smallest absolute Gasteiger partial charge is 0.260 e. The molecule has 5 heteroatoms. The number of carbonyl (C=O) groups excluding carboxylic acids is 1. The summed E-state index contributed by atoms with van der Waals surface area (Å²) in [5.41, 5.74) is 0.651. The van der Waals surface area contributed by atoms with Gasteiger partial charge in [0, 0.05) is 16.1 Å². The number of rotatable bonds is 5. The van der Waals surface area contributed by atoms with E-state index in [1.807, 2.05) is 19.9 Å². The number of nitrogens with one attached hydrogen (secondary N) is 1. The first-order chi connectivity index (χ1) is 8.81. The third-order valence-electron chi connectivity index (χ3n) is 2.53. The lowest BCUT2D eigenvalue weighted by Crippen LogP contribution is -2.40. The molecule has 1 unspecified atom stereocenters. The molecule has 2 atom stereocenters. The summed E-state index contributed by atoms with van der Waals surface area (Å²) in [4.78, 5) is 11.8. The SMILES string of the molecule is CC(C)NC(=O)C(C)Oc1ccc(Br)cc1[C@@H](C)O. The minimum absolute atomic E-state index is 0.0692. The van der Waals surface area contributed by atoms with Crippen LogP contribution in [-0.2, 0) is 4.79 Å². The van der Waals surface area contributed by atoms with Gasteiger partial charge >= 0.3 is 0 Å². The van der Waals surface area contributed by atoms with Crippen molar-refractivity contribution in [2.24, 2.45) is 0 Å². The topological polar surface area (TPSA) is 58.6 Å². The first-order valence-corrected chi connectivity index (χ1v) is 7.05. The second kappa shape index (κ2) is 6.91. The van der Waals surface area contributed by atoms with Crippen LogP contribution in [0, 0.1) is 0 Å². The summed E-state index contributed by atoms with van der Waals surface area (Å²) in [5, 5.41) is 12.5. The Morgan fingerprint density at radius 3 is 2.47 bits per heavy atom. The van der Waals surface area contributed by atoms with Crippen LogP contribution >= 0.6 is 15.9 Å². The first kappa shape index (κ1) is 16.0. The maximum absolute atomic E-state index is 11.8. The van der Waals surface area contributed by atoms with Gasteiger partial charge in [0.25, 0.3) is 5.91 Å². The average Bonchev–Trinajstić information content (AvgIpc) is 2.30. The van der Waals surface area contributed by atoms with Gasteiger partial charge < -0.3 is 15.2 Å². The predicted octanol–water partition coefficient (Wildman–Crippen LogP) is 2.79. The molecule has 0 fully saturated rings. The second-order valence-corrected chi connectivity index (χ2v) is 5.70. The van der Waals surface area contributed by atoms with Crippen molar-refractivity contribution < 1.29 is 14.6 Å². The molecule has 0 aliphatic carbocycles. The van der Waals surface area contributed by atoms with E-state index in [4.69, 9.17) is 4.74 Å². The van der Waals surface area contributed by atoms with Crippen LogP contribution in [0.4, 0.5) is 0 Å². The van der Waals surface area contributed by atoms with Crippen molar-refractivity contribution in [3.8, 4) is 5.75 Å². The van der Waals surface area contributed by atoms with E-state index in [1.54, 1.807) is 26.0 Å². The zero-order valence-electron chi connectivity index (χ0n) is 11.6. The molecular weight excluding hydrogens is 310 g/mol. The first-order valence-electron chi connectivity index (χ1n) is 6.25. The molecule has 0 heterocycles. The molecule has 0 bridgehead atoms. The Balaban J connectivity index is 2.84. The van der Waals surface area contributed by atoms with Gasteiger partial charge in [-0.1, -0.05) is 15.9 Å². The molecule has 1 aromatic rings. The lowest BCUT2D eigenvalue weighted by molar-refractivity contribution is -0.127. The zero-order chi connectivity index (χ0) is 14.6. The number of ether oxygens (including phenoxy) is 1. The van der Waals surface area contributed by atoms with E-state index >= 15 is 0 Å². The Bertz CT molecular complexity index is 446. The molecule has 106 valence electrons. The van der Waals surface area contributed by atoms with Crippen molar-refractivity contribution >= 4 is 21.8 Å². The Labute approximate surface area is 122 Å². The summed E-state index contributed by atoms with van der Waals surface area (Å²) in [5.74, 6) is 0.346. The highest BCUT2D eigenvalue weighted by atomic mass is 79.9. The molecule has 0 aliphatic rings. The minimum atomic E-state index is -0.659. The van der Waals surface area contributed by atoms with Crippen LogP contribution < -0.4 is 10.1 Å². The maximum atomic E-state index is 11.8. The highest BCUT2D eigenvalue weighted by Crippen LogP contribution is 2.29. The molecule has 0 aliphatic heterocycles. The van der Waals surface area contributed by atoms with Crippen LogP contribution in [0.1, 0.15) is 39.4 Å². The number of carbonyl (C=O) groups is 1. The molecule has 0 saturated carbocycles. The van der Waals surface area contributed by atoms with E-state index in [-0.39, 0.29) is 11.9 Å². The van der Waals surface area contributed by atoms with Crippen LogP contribution in [-0.4, -0.2) is 23.2 Å². The number of aliphatic hydroxyl groups excluding tert-OH is 1. The van der Waals surface area contributed by atoms with Gasteiger partial charge in [-0.25, -0.2) is 0 Å². The molecule has 2 N–H and O–H groups in total. The molecular formula is C14H20BrNO3. The summed E-state index contributed by atoms with van der Waals surface area (Å²) in [7, 11) is 0. The minimum Gasteiger partial charge on any atom is -0.481 e. The van der Waals surface area contributed by atoms with Crippen molar-refractivity contribution in [1.29, 1.82) is 0 Å². The molecule has 1 amide bonds. The number of halogens is 1. The number of hydrogen-bond acceptors (Lipinski definition) is 3. The van der Waals surface area contributed by atoms with E-state index in [1.165, 1.54) is 0 Å². The number of hydrogen-bond donors (Lipinski definition) is 2. The van der Waals surface area contributed by atoms with Crippen molar-refractivity contribution in [3.05, 3.63) is 28.2 Å². The number of benzene rings is 1. The third kappa shape index (κ3) is 4.84.